The highest BCUT2D eigenvalue weighted by molar-refractivity contribution is 7.99. The van der Waals surface area contributed by atoms with Gasteiger partial charge in [-0.3, -0.25) is 4.63 Å². The second-order valence-electron chi connectivity index (χ2n) is 3.05. The van der Waals surface area contributed by atoms with Crippen molar-refractivity contribution in [2.24, 2.45) is 5.10 Å². The fourth-order valence-electron chi connectivity index (χ4n) is 1.27. The van der Waals surface area contributed by atoms with E-state index < -0.39 is 0 Å². The maximum atomic E-state index is 11.1. The first-order chi connectivity index (χ1) is 7.75. The molecule has 9 nitrogen and oxygen atoms in total. The summed E-state index contributed by atoms with van der Waals surface area (Å²) in [7, 11) is 0. The molecule has 0 N–H and O–H groups in total. The van der Waals surface area contributed by atoms with E-state index >= 15 is 0 Å². The van der Waals surface area contributed by atoms with Crippen molar-refractivity contribution >= 4 is 17.5 Å². The minimum atomic E-state index is 0.345. The first kappa shape index (κ1) is 9.27. The molecule has 10 heteroatoms. The molecule has 1 aliphatic rings. The lowest BCUT2D eigenvalue weighted by atomic mass is 10.2. The van der Waals surface area contributed by atoms with Gasteiger partial charge in [0, 0.05) is 12.1 Å². The van der Waals surface area contributed by atoms with Crippen molar-refractivity contribution in [3.05, 3.63) is 16.6 Å². The van der Waals surface area contributed by atoms with Crippen molar-refractivity contribution < 1.29 is 9.53 Å². The summed E-state index contributed by atoms with van der Waals surface area (Å²) in [5.41, 5.74) is 1.42. The van der Waals surface area contributed by atoms with Crippen LogP contribution in [0.2, 0.25) is 0 Å². The molecule has 0 aromatic carbocycles. The second-order valence-corrected chi connectivity index (χ2v) is 3.99. The molecule has 3 heterocycles. The van der Waals surface area contributed by atoms with Crippen LogP contribution in [0.3, 0.4) is 0 Å². The van der Waals surface area contributed by atoms with Crippen molar-refractivity contribution in [2.45, 2.75) is 12.1 Å². The number of aromatic nitrogens is 6. The van der Waals surface area contributed by atoms with Gasteiger partial charge in [-0.15, -0.1) is 9.89 Å². The largest absolute Gasteiger partial charge is 0.359 e. The minimum absolute atomic E-state index is 0.345. The summed E-state index contributed by atoms with van der Waals surface area (Å²) in [5.74, 6) is 0.549. The highest BCUT2D eigenvalue weighted by Crippen LogP contribution is 2.20. The Morgan fingerprint density at radius 1 is 1.56 bits per heavy atom. The van der Waals surface area contributed by atoms with Gasteiger partial charge in [-0.25, -0.2) is 0 Å². The van der Waals surface area contributed by atoms with E-state index in [0.29, 0.717) is 32.9 Å². The van der Waals surface area contributed by atoms with E-state index in [1.807, 2.05) is 0 Å². The molecule has 0 unspecified atom stereocenters. The SMILES string of the molecule is Cc1c(C2=Nn3nnnc3SC2)no[n+]1[O-]. The van der Waals surface area contributed by atoms with E-state index in [9.17, 15) is 5.21 Å². The summed E-state index contributed by atoms with van der Waals surface area (Å²) in [6.45, 7) is 1.61. The summed E-state index contributed by atoms with van der Waals surface area (Å²) in [6, 6.07) is 0. The zero-order valence-corrected chi connectivity index (χ0v) is 8.88. The molecule has 0 amide bonds. The van der Waals surface area contributed by atoms with Crippen LogP contribution in [0.4, 0.5) is 0 Å². The Morgan fingerprint density at radius 2 is 2.44 bits per heavy atom. The Kier molecular flexibility index (Phi) is 1.89. The molecule has 0 atom stereocenters. The normalized spacial score (nSPS) is 14.7. The third kappa shape index (κ3) is 1.26. The molecule has 0 saturated heterocycles. The zero-order chi connectivity index (χ0) is 11.1. The van der Waals surface area contributed by atoms with E-state index in [2.05, 4.69) is 30.4 Å². The predicted octanol–water partition coefficient (Wildman–Crippen LogP) is -1.04. The Balaban J connectivity index is 2.07. The zero-order valence-electron chi connectivity index (χ0n) is 8.06. The van der Waals surface area contributed by atoms with Gasteiger partial charge in [0.1, 0.15) is 5.71 Å². The fourth-order valence-corrected chi connectivity index (χ4v) is 2.02. The molecule has 1 aliphatic heterocycles. The lowest BCUT2D eigenvalue weighted by molar-refractivity contribution is -0.806. The summed E-state index contributed by atoms with van der Waals surface area (Å²) in [6.07, 6.45) is 0. The van der Waals surface area contributed by atoms with E-state index in [-0.39, 0.29) is 0 Å². The van der Waals surface area contributed by atoms with Crippen LogP contribution in [-0.2, 0) is 0 Å². The number of rotatable bonds is 1. The van der Waals surface area contributed by atoms with Gasteiger partial charge < -0.3 is 5.21 Å². The van der Waals surface area contributed by atoms with E-state index in [1.165, 1.54) is 16.6 Å². The van der Waals surface area contributed by atoms with Crippen LogP contribution in [0.1, 0.15) is 11.4 Å². The van der Waals surface area contributed by atoms with Crippen LogP contribution in [-0.4, -0.2) is 36.9 Å². The van der Waals surface area contributed by atoms with Gasteiger partial charge in [0.2, 0.25) is 10.9 Å². The van der Waals surface area contributed by atoms with Crippen LogP contribution >= 0.6 is 11.8 Å². The highest BCUT2D eigenvalue weighted by atomic mass is 32.2. The number of nitrogens with zero attached hydrogens (tertiary/aromatic N) is 7. The molecule has 0 aliphatic carbocycles. The topological polar surface area (TPSA) is 109 Å². The average molecular weight is 239 g/mol. The van der Waals surface area contributed by atoms with Crippen LogP contribution in [0, 0.1) is 12.1 Å². The van der Waals surface area contributed by atoms with Gasteiger partial charge >= 0.3 is 0 Å². The quantitative estimate of drug-likeness (QED) is 0.584. The van der Waals surface area contributed by atoms with Crippen LogP contribution < -0.4 is 4.90 Å². The minimum Gasteiger partial charge on any atom is -0.359 e. The van der Waals surface area contributed by atoms with E-state index in [4.69, 9.17) is 0 Å². The van der Waals surface area contributed by atoms with Crippen molar-refractivity contribution in [3.8, 4) is 0 Å². The van der Waals surface area contributed by atoms with Gasteiger partial charge in [0.05, 0.1) is 5.75 Å². The smallest absolute Gasteiger partial charge is 0.267 e. The molecule has 82 valence electrons. The highest BCUT2D eigenvalue weighted by Gasteiger charge is 2.25. The molecule has 0 fully saturated rings. The Hall–Kier alpha value is -1.97. The molecule has 0 saturated carbocycles. The first-order valence-corrected chi connectivity index (χ1v) is 5.30. The molecule has 2 aromatic heterocycles. The molecule has 2 aromatic rings. The van der Waals surface area contributed by atoms with Crippen LogP contribution in [0.25, 0.3) is 0 Å². The van der Waals surface area contributed by atoms with Crippen LogP contribution in [0.5, 0.6) is 0 Å². The monoisotopic (exact) mass is 239 g/mol. The summed E-state index contributed by atoms with van der Waals surface area (Å²) < 4.78 is 4.48. The van der Waals surface area contributed by atoms with Crippen molar-refractivity contribution in [2.75, 3.05) is 5.75 Å². The molecule has 16 heavy (non-hydrogen) atoms. The molecule has 3 rings (SSSR count). The summed E-state index contributed by atoms with van der Waals surface area (Å²) in [4.78, 5) is 1.64. The standard InChI is InChI=1S/C6H5N7O2S/c1-3-5(9-15-13(3)14)4-2-16-6-7-10-11-12(6)8-4/h2H2,1H3. The van der Waals surface area contributed by atoms with Gasteiger partial charge in [0.25, 0.3) is 5.69 Å². The number of fused-ring (bicyclic) bond motifs is 1. The maximum absolute atomic E-state index is 11.1. The number of thioether (sulfide) groups is 1. The van der Waals surface area contributed by atoms with Gasteiger partial charge in [0.15, 0.2) is 0 Å². The van der Waals surface area contributed by atoms with Crippen LogP contribution in [0.15, 0.2) is 14.9 Å². The van der Waals surface area contributed by atoms with Gasteiger partial charge in [-0.05, 0) is 15.3 Å². The molecular formula is C6H5N7O2S. The summed E-state index contributed by atoms with van der Waals surface area (Å²) >= 11 is 1.42. The lowest BCUT2D eigenvalue weighted by Gasteiger charge is -2.06. The maximum Gasteiger partial charge on any atom is 0.267 e. The number of hydrogen-bond acceptors (Lipinski definition) is 8. The average Bonchev–Trinajstić information content (AvgIpc) is 2.86. The molecule has 0 spiro atoms. The second kappa shape index (κ2) is 3.27. The molecular weight excluding hydrogens is 234 g/mol. The van der Waals surface area contributed by atoms with E-state index in [1.54, 1.807) is 6.92 Å². The third-order valence-corrected chi connectivity index (χ3v) is 3.00. The number of tetrazole rings is 1. The Bertz CT molecular complexity index is 573. The summed E-state index contributed by atoms with van der Waals surface area (Å²) in [5, 5.41) is 30.4. The fraction of sp³-hybridized carbons (Fsp3) is 0.333. The third-order valence-electron chi connectivity index (χ3n) is 2.08. The lowest BCUT2D eigenvalue weighted by Crippen LogP contribution is -2.27. The van der Waals surface area contributed by atoms with Gasteiger partial charge in [-0.1, -0.05) is 16.9 Å². The first-order valence-electron chi connectivity index (χ1n) is 4.31. The predicted molar refractivity (Wildman–Crippen MR) is 50.7 cm³/mol. The van der Waals surface area contributed by atoms with Crippen molar-refractivity contribution in [1.29, 1.82) is 0 Å². The van der Waals surface area contributed by atoms with Crippen molar-refractivity contribution in [1.82, 2.24) is 25.5 Å². The van der Waals surface area contributed by atoms with Gasteiger partial charge in [-0.2, -0.15) is 0 Å². The van der Waals surface area contributed by atoms with Crippen molar-refractivity contribution in [3.63, 3.8) is 0 Å². The Labute approximate surface area is 92.6 Å². The number of hydrogen-bond donors (Lipinski definition) is 0. The van der Waals surface area contributed by atoms with E-state index in [0.717, 1.165) is 0 Å². The molecule has 0 radical (unpaired) electrons. The molecule has 0 bridgehead atoms. The Morgan fingerprint density at radius 3 is 3.19 bits per heavy atom.